The Balaban J connectivity index is 1.55. The van der Waals surface area contributed by atoms with Crippen LogP contribution in [0.25, 0.3) is 0 Å². The Bertz CT molecular complexity index is 1300. The number of rotatable bonds is 12. The molecule has 7 atom stereocenters. The van der Waals surface area contributed by atoms with E-state index in [0.29, 0.717) is 18.3 Å². The Hall–Kier alpha value is -1.06. The van der Waals surface area contributed by atoms with Crippen LogP contribution in [0.1, 0.15) is 133 Å². The number of ketones is 1. The van der Waals surface area contributed by atoms with E-state index in [4.69, 9.17) is 8.85 Å². The molecule has 4 rings (SSSR count). The first-order valence-electron chi connectivity index (χ1n) is 19.8. The van der Waals surface area contributed by atoms with Crippen molar-refractivity contribution in [3.63, 3.8) is 0 Å². The molecule has 0 amide bonds. The van der Waals surface area contributed by atoms with Crippen LogP contribution >= 0.6 is 0 Å². The summed E-state index contributed by atoms with van der Waals surface area (Å²) >= 11 is 0. The van der Waals surface area contributed by atoms with Crippen molar-refractivity contribution in [2.45, 2.75) is 188 Å². The highest BCUT2D eigenvalue weighted by atomic mass is 28.4. The summed E-state index contributed by atoms with van der Waals surface area (Å²) in [4.78, 5) is 13.3. The second-order valence-corrected chi connectivity index (χ2v) is 29.4. The first-order valence-corrected chi connectivity index (χ1v) is 25.6. The molecule has 6 heteroatoms. The summed E-state index contributed by atoms with van der Waals surface area (Å²) in [7, 11) is -3.98. The maximum Gasteiger partial charge on any atom is 0.192 e. The van der Waals surface area contributed by atoms with Crippen LogP contribution in [-0.4, -0.2) is 45.8 Å². The molecule has 0 heterocycles. The number of hydrogen-bond donors (Lipinski definition) is 1. The maximum atomic E-state index is 13.3. The van der Waals surface area contributed by atoms with E-state index in [2.05, 4.69) is 119 Å². The van der Waals surface area contributed by atoms with Crippen LogP contribution < -0.4 is 0 Å². The quantitative estimate of drug-likeness (QED) is 0.162. The van der Waals surface area contributed by atoms with Crippen molar-refractivity contribution in [3.8, 4) is 0 Å². The molecular formula is C43H74O4Si2. The third-order valence-electron chi connectivity index (χ3n) is 14.4. The van der Waals surface area contributed by atoms with Gasteiger partial charge in [-0.3, -0.25) is 4.79 Å². The minimum Gasteiger partial charge on any atom is -0.413 e. The number of Topliss-reactive ketones (excluding diaryl/α,β-unsaturated/α-hetero) is 1. The van der Waals surface area contributed by atoms with E-state index >= 15 is 0 Å². The Morgan fingerprint density at radius 1 is 1.00 bits per heavy atom. The van der Waals surface area contributed by atoms with Crippen LogP contribution in [0.4, 0.5) is 0 Å². The lowest BCUT2D eigenvalue weighted by Crippen LogP contribution is -2.49. The van der Waals surface area contributed by atoms with Crippen molar-refractivity contribution >= 4 is 22.4 Å². The normalized spacial score (nSPS) is 32.5. The van der Waals surface area contributed by atoms with Crippen molar-refractivity contribution < 1.29 is 18.8 Å². The second-order valence-electron chi connectivity index (χ2n) is 19.9. The zero-order valence-electron chi connectivity index (χ0n) is 33.9. The summed E-state index contributed by atoms with van der Waals surface area (Å²) in [6.45, 7) is 34.9. The van der Waals surface area contributed by atoms with Crippen LogP contribution in [0.5, 0.6) is 0 Å². The summed E-state index contributed by atoms with van der Waals surface area (Å²) < 4.78 is 14.2. The van der Waals surface area contributed by atoms with Gasteiger partial charge in [-0.15, -0.1) is 0 Å². The molecule has 4 nitrogen and oxygen atoms in total. The molecule has 0 bridgehead atoms. The first kappa shape index (κ1) is 40.7. The lowest BCUT2D eigenvalue weighted by atomic mass is 9.60. The zero-order chi connectivity index (χ0) is 36.8. The van der Waals surface area contributed by atoms with Gasteiger partial charge in [-0.25, -0.2) is 0 Å². The highest BCUT2D eigenvalue weighted by Gasteiger charge is 2.53. The SMILES string of the molecule is C=C1/C(=C\C=C2/CCC[C@]3(C)[C@@H]([C@H](C)C(O)CC(=O)C4(/C=C/CC)CC4)CC[C@@H]23)C[C@@H](O[Si](C)(C)C(C)(C)C)C[C@@H]1O[Si](C)(C)C(C)(C)C. The Morgan fingerprint density at radius 2 is 1.61 bits per heavy atom. The molecule has 0 aliphatic heterocycles. The minimum absolute atomic E-state index is 0.0150. The molecule has 1 unspecified atom stereocenters. The van der Waals surface area contributed by atoms with Crippen LogP contribution in [0.3, 0.4) is 0 Å². The summed E-state index contributed by atoms with van der Waals surface area (Å²) in [6, 6.07) is 0. The van der Waals surface area contributed by atoms with Crippen molar-refractivity contribution in [1.82, 2.24) is 0 Å². The number of allylic oxidation sites excluding steroid dienone is 5. The van der Waals surface area contributed by atoms with E-state index in [0.717, 1.165) is 50.5 Å². The van der Waals surface area contributed by atoms with E-state index < -0.39 is 22.7 Å². The van der Waals surface area contributed by atoms with Gasteiger partial charge in [0.05, 0.1) is 18.3 Å². The topological polar surface area (TPSA) is 55.8 Å². The fourth-order valence-electron chi connectivity index (χ4n) is 8.77. The van der Waals surface area contributed by atoms with Crippen LogP contribution in [0, 0.1) is 28.6 Å². The van der Waals surface area contributed by atoms with Gasteiger partial charge >= 0.3 is 0 Å². The molecule has 4 fully saturated rings. The van der Waals surface area contributed by atoms with Crippen LogP contribution in [0.2, 0.25) is 36.3 Å². The number of carbonyl (C=O) groups excluding carboxylic acids is 1. The molecule has 0 saturated heterocycles. The van der Waals surface area contributed by atoms with Gasteiger partial charge in [0.25, 0.3) is 0 Å². The molecule has 0 aromatic carbocycles. The van der Waals surface area contributed by atoms with E-state index in [-0.39, 0.29) is 44.8 Å². The lowest BCUT2D eigenvalue weighted by molar-refractivity contribution is -0.126. The monoisotopic (exact) mass is 711 g/mol. The molecule has 0 aromatic rings. The van der Waals surface area contributed by atoms with Crippen molar-refractivity contribution in [1.29, 1.82) is 0 Å². The third-order valence-corrected chi connectivity index (χ3v) is 23.4. The molecule has 4 aliphatic rings. The average molecular weight is 711 g/mol. The highest BCUT2D eigenvalue weighted by molar-refractivity contribution is 6.74. The molecule has 0 spiro atoms. The zero-order valence-corrected chi connectivity index (χ0v) is 35.9. The predicted molar refractivity (Wildman–Crippen MR) is 213 cm³/mol. The molecule has 0 aromatic heterocycles. The van der Waals surface area contributed by atoms with Crippen LogP contribution in [0.15, 0.2) is 47.6 Å². The molecule has 49 heavy (non-hydrogen) atoms. The number of hydrogen-bond acceptors (Lipinski definition) is 4. The van der Waals surface area contributed by atoms with Gasteiger partial charge in [0.15, 0.2) is 16.6 Å². The van der Waals surface area contributed by atoms with Gasteiger partial charge in [0.2, 0.25) is 0 Å². The van der Waals surface area contributed by atoms with Gasteiger partial charge in [-0.05, 0) is 128 Å². The summed E-state index contributed by atoms with van der Waals surface area (Å²) in [6.07, 6.45) is 19.3. The Kier molecular flexibility index (Phi) is 12.3. The standard InChI is InChI=1S/C43H74O4Si2/c1-15-16-24-43(25-26-43)39(45)29-37(44)31(3)35-21-22-36-32(18-17-23-42(35,36)10)19-20-33-27-34(46-48(11,12)40(4,5)6)28-38(30(33)2)47-49(13,14)41(7,8)9/h16,19-20,24,31,34-38,44H,2,15,17-18,21-23,25-29H2,1,3-14H3/b24-16+,32-19+,33-20-/t31-,34+,35+,36-,37?,38-,42+/m0/s1. The minimum atomic E-state index is -2.02. The summed E-state index contributed by atoms with van der Waals surface area (Å²) in [5.74, 6) is 1.30. The van der Waals surface area contributed by atoms with E-state index in [1.54, 1.807) is 5.57 Å². The Labute approximate surface area is 303 Å². The van der Waals surface area contributed by atoms with Gasteiger partial charge in [0.1, 0.15) is 5.78 Å². The van der Waals surface area contributed by atoms with Crippen molar-refractivity contribution in [3.05, 3.63) is 47.6 Å². The maximum absolute atomic E-state index is 13.3. The smallest absolute Gasteiger partial charge is 0.192 e. The summed E-state index contributed by atoms with van der Waals surface area (Å²) in [5, 5.41) is 11.7. The van der Waals surface area contributed by atoms with E-state index in [1.165, 1.54) is 24.8 Å². The third kappa shape index (κ3) is 8.78. The van der Waals surface area contributed by atoms with Crippen molar-refractivity contribution in [2.24, 2.45) is 28.6 Å². The van der Waals surface area contributed by atoms with Gasteiger partial charge in [0, 0.05) is 18.3 Å². The molecule has 0 radical (unpaired) electrons. The highest BCUT2D eigenvalue weighted by Crippen LogP contribution is 2.60. The number of fused-ring (bicyclic) bond motifs is 1. The molecule has 4 saturated carbocycles. The molecule has 278 valence electrons. The fourth-order valence-corrected chi connectivity index (χ4v) is 11.4. The van der Waals surface area contributed by atoms with Gasteiger partial charge in [-0.1, -0.05) is 98.8 Å². The van der Waals surface area contributed by atoms with Gasteiger partial charge < -0.3 is 14.0 Å². The van der Waals surface area contributed by atoms with E-state index in [9.17, 15) is 9.90 Å². The fraction of sp³-hybridized carbons (Fsp3) is 0.791. The second kappa shape index (κ2) is 14.8. The van der Waals surface area contributed by atoms with E-state index in [1.807, 2.05) is 0 Å². The van der Waals surface area contributed by atoms with Gasteiger partial charge in [-0.2, -0.15) is 0 Å². The lowest BCUT2D eigenvalue weighted by Gasteiger charge is -2.46. The van der Waals surface area contributed by atoms with Crippen LogP contribution in [-0.2, 0) is 13.6 Å². The molecular weight excluding hydrogens is 637 g/mol. The number of carbonyl (C=O) groups is 1. The summed E-state index contributed by atoms with van der Waals surface area (Å²) in [5.41, 5.74) is 3.85. The Morgan fingerprint density at radius 3 is 2.18 bits per heavy atom. The van der Waals surface area contributed by atoms with Crippen molar-refractivity contribution in [2.75, 3.05) is 0 Å². The largest absolute Gasteiger partial charge is 0.413 e. The molecule has 4 aliphatic carbocycles. The average Bonchev–Trinajstić information content (AvgIpc) is 3.69. The molecule has 1 N–H and O–H groups in total. The predicted octanol–water partition coefficient (Wildman–Crippen LogP) is 11.9. The number of aliphatic hydroxyl groups excluding tert-OH is 1. The number of aliphatic hydroxyl groups is 1. The first-order chi connectivity index (χ1) is 22.5.